The Balaban J connectivity index is 1.70. The molecule has 0 saturated carbocycles. The molecule has 0 fully saturated rings. The minimum Gasteiger partial charge on any atom is -0.476 e. The zero-order valence-corrected chi connectivity index (χ0v) is 17.3. The summed E-state index contributed by atoms with van der Waals surface area (Å²) in [5.74, 6) is 1.35. The Morgan fingerprint density at radius 3 is 2.82 bits per heavy atom. The molecular weight excluding hydrogens is 376 g/mol. The number of anilines is 1. The average molecular weight is 401 g/mol. The number of carbonyl (C=O) groups is 1. The highest BCUT2D eigenvalue weighted by Crippen LogP contribution is 2.29. The first kappa shape index (κ1) is 19.9. The molecular formula is C19H24N6O2S. The van der Waals surface area contributed by atoms with Crippen molar-refractivity contribution >= 4 is 23.4 Å². The van der Waals surface area contributed by atoms with Gasteiger partial charge in [0.1, 0.15) is 5.56 Å². The van der Waals surface area contributed by atoms with Crippen LogP contribution in [0, 0.1) is 6.92 Å². The monoisotopic (exact) mass is 400 g/mol. The number of aryl methyl sites for hydroxylation is 2. The second kappa shape index (κ2) is 8.92. The number of ether oxygens (including phenoxy) is 1. The standard InChI is InChI=1S/C19H24N6O2S/c1-5-25-11-15(18(23-25)27-6-2)17-21-22-19(24(17)4)28-12-16(26)20-14-9-7-8-13(3)10-14/h7-11H,5-6,12H2,1-4H3,(H,20,26). The fraction of sp³-hybridized carbons (Fsp3) is 0.368. The van der Waals surface area contributed by atoms with Gasteiger partial charge in [-0.15, -0.1) is 15.3 Å². The summed E-state index contributed by atoms with van der Waals surface area (Å²) in [5, 5.41) is 16.5. The molecule has 1 aromatic carbocycles. The number of nitrogens with one attached hydrogen (secondary N) is 1. The molecule has 2 aromatic heterocycles. The molecule has 8 nitrogen and oxygen atoms in total. The van der Waals surface area contributed by atoms with Gasteiger partial charge in [0.2, 0.25) is 11.8 Å². The zero-order chi connectivity index (χ0) is 20.1. The molecule has 0 spiro atoms. The zero-order valence-electron chi connectivity index (χ0n) is 16.5. The third kappa shape index (κ3) is 4.53. The number of rotatable bonds is 8. The number of carbonyl (C=O) groups excluding carboxylic acids is 1. The van der Waals surface area contributed by atoms with Gasteiger partial charge in [0.25, 0.3) is 0 Å². The number of thioether (sulfide) groups is 1. The minimum absolute atomic E-state index is 0.0889. The number of hydrogen-bond acceptors (Lipinski definition) is 6. The van der Waals surface area contributed by atoms with Crippen molar-refractivity contribution in [1.82, 2.24) is 24.5 Å². The summed E-state index contributed by atoms with van der Waals surface area (Å²) < 4.78 is 9.28. The summed E-state index contributed by atoms with van der Waals surface area (Å²) in [7, 11) is 1.87. The van der Waals surface area contributed by atoms with Crippen molar-refractivity contribution in [3.8, 4) is 17.3 Å². The van der Waals surface area contributed by atoms with E-state index in [1.807, 2.05) is 62.8 Å². The van der Waals surface area contributed by atoms with Crippen molar-refractivity contribution in [3.05, 3.63) is 36.0 Å². The van der Waals surface area contributed by atoms with Gasteiger partial charge in [-0.2, -0.15) is 0 Å². The third-order valence-corrected chi connectivity index (χ3v) is 5.06. The highest BCUT2D eigenvalue weighted by Gasteiger charge is 2.19. The van der Waals surface area contributed by atoms with E-state index in [0.717, 1.165) is 23.4 Å². The number of aromatic nitrogens is 5. The van der Waals surface area contributed by atoms with Crippen molar-refractivity contribution in [2.24, 2.45) is 7.05 Å². The molecule has 0 bridgehead atoms. The van der Waals surface area contributed by atoms with Gasteiger partial charge < -0.3 is 14.6 Å². The lowest BCUT2D eigenvalue weighted by Crippen LogP contribution is -2.14. The number of hydrogen-bond donors (Lipinski definition) is 1. The molecule has 0 saturated heterocycles. The summed E-state index contributed by atoms with van der Waals surface area (Å²) in [6, 6.07) is 7.71. The minimum atomic E-state index is -0.0889. The van der Waals surface area contributed by atoms with Crippen LogP contribution in [0.2, 0.25) is 0 Å². The summed E-state index contributed by atoms with van der Waals surface area (Å²) >= 11 is 1.34. The van der Waals surface area contributed by atoms with Crippen LogP contribution in [0.4, 0.5) is 5.69 Å². The maximum atomic E-state index is 12.2. The second-order valence-corrected chi connectivity index (χ2v) is 7.15. The van der Waals surface area contributed by atoms with Crippen LogP contribution in [0.5, 0.6) is 5.88 Å². The largest absolute Gasteiger partial charge is 0.476 e. The molecule has 0 aliphatic heterocycles. The topological polar surface area (TPSA) is 86.9 Å². The Bertz CT molecular complexity index is 965. The van der Waals surface area contributed by atoms with Crippen molar-refractivity contribution < 1.29 is 9.53 Å². The van der Waals surface area contributed by atoms with Gasteiger partial charge in [0, 0.05) is 25.5 Å². The molecule has 0 unspecified atom stereocenters. The fourth-order valence-electron chi connectivity index (χ4n) is 2.69. The van der Waals surface area contributed by atoms with E-state index in [2.05, 4.69) is 20.6 Å². The summed E-state index contributed by atoms with van der Waals surface area (Å²) in [6.45, 7) is 7.17. The first-order valence-corrected chi connectivity index (χ1v) is 10.1. The molecule has 0 radical (unpaired) electrons. The molecule has 148 valence electrons. The Labute approximate surface area is 168 Å². The van der Waals surface area contributed by atoms with Gasteiger partial charge in [-0.3, -0.25) is 9.48 Å². The Morgan fingerprint density at radius 2 is 2.11 bits per heavy atom. The highest BCUT2D eigenvalue weighted by molar-refractivity contribution is 7.99. The maximum absolute atomic E-state index is 12.2. The molecule has 3 aromatic rings. The van der Waals surface area contributed by atoms with Crippen molar-refractivity contribution in [2.75, 3.05) is 17.7 Å². The maximum Gasteiger partial charge on any atom is 0.243 e. The fourth-order valence-corrected chi connectivity index (χ4v) is 3.40. The van der Waals surface area contributed by atoms with Crippen LogP contribution >= 0.6 is 11.8 Å². The Hall–Kier alpha value is -2.81. The SMILES string of the molecule is CCOc1nn(CC)cc1-c1nnc(SCC(=O)Nc2cccc(C)c2)n1C. The number of nitrogens with zero attached hydrogens (tertiary/aromatic N) is 5. The lowest BCUT2D eigenvalue weighted by atomic mass is 10.2. The van der Waals surface area contributed by atoms with Crippen LogP contribution in [0.15, 0.2) is 35.6 Å². The van der Waals surface area contributed by atoms with Crippen molar-refractivity contribution in [1.29, 1.82) is 0 Å². The normalized spacial score (nSPS) is 10.9. The average Bonchev–Trinajstić information content (AvgIpc) is 3.23. The van der Waals surface area contributed by atoms with E-state index in [1.54, 1.807) is 4.68 Å². The highest BCUT2D eigenvalue weighted by atomic mass is 32.2. The van der Waals surface area contributed by atoms with Gasteiger partial charge in [-0.1, -0.05) is 23.9 Å². The molecule has 1 N–H and O–H groups in total. The second-order valence-electron chi connectivity index (χ2n) is 6.21. The number of amides is 1. The molecule has 3 rings (SSSR count). The van der Waals surface area contributed by atoms with Gasteiger partial charge in [-0.25, -0.2) is 0 Å². The van der Waals surface area contributed by atoms with Crippen LogP contribution in [-0.2, 0) is 18.4 Å². The van der Waals surface area contributed by atoms with E-state index in [4.69, 9.17) is 4.74 Å². The smallest absolute Gasteiger partial charge is 0.243 e. The molecule has 0 atom stereocenters. The van der Waals surface area contributed by atoms with Crippen LogP contribution in [0.3, 0.4) is 0 Å². The molecule has 2 heterocycles. The quantitative estimate of drug-likeness (QED) is 0.585. The predicted molar refractivity (Wildman–Crippen MR) is 110 cm³/mol. The van der Waals surface area contributed by atoms with E-state index in [-0.39, 0.29) is 11.7 Å². The first-order valence-electron chi connectivity index (χ1n) is 9.11. The van der Waals surface area contributed by atoms with Gasteiger partial charge in [0.15, 0.2) is 11.0 Å². The number of benzene rings is 1. The van der Waals surface area contributed by atoms with Crippen molar-refractivity contribution in [3.63, 3.8) is 0 Å². The van der Waals surface area contributed by atoms with E-state index in [0.29, 0.717) is 23.5 Å². The van der Waals surface area contributed by atoms with Crippen LogP contribution < -0.4 is 10.1 Å². The molecule has 28 heavy (non-hydrogen) atoms. The van der Waals surface area contributed by atoms with E-state index in [1.165, 1.54) is 11.8 Å². The molecule has 0 aliphatic rings. The van der Waals surface area contributed by atoms with Crippen molar-refractivity contribution in [2.45, 2.75) is 32.5 Å². The van der Waals surface area contributed by atoms with E-state index >= 15 is 0 Å². The van der Waals surface area contributed by atoms with E-state index in [9.17, 15) is 4.79 Å². The predicted octanol–water partition coefficient (Wildman–Crippen LogP) is 3.14. The Morgan fingerprint density at radius 1 is 1.29 bits per heavy atom. The molecule has 1 amide bonds. The van der Waals surface area contributed by atoms with Crippen LogP contribution in [-0.4, -0.2) is 42.8 Å². The summed E-state index contributed by atoms with van der Waals surface area (Å²) in [6.07, 6.45) is 1.90. The molecule has 0 aliphatic carbocycles. The lowest BCUT2D eigenvalue weighted by Gasteiger charge is -2.06. The Kier molecular flexibility index (Phi) is 6.35. The van der Waals surface area contributed by atoms with Crippen LogP contribution in [0.1, 0.15) is 19.4 Å². The molecule has 9 heteroatoms. The summed E-state index contributed by atoms with van der Waals surface area (Å²) in [4.78, 5) is 12.2. The summed E-state index contributed by atoms with van der Waals surface area (Å²) in [5.41, 5.74) is 2.67. The van der Waals surface area contributed by atoms with E-state index < -0.39 is 0 Å². The lowest BCUT2D eigenvalue weighted by molar-refractivity contribution is -0.113. The van der Waals surface area contributed by atoms with Gasteiger partial charge in [0.05, 0.1) is 12.4 Å². The van der Waals surface area contributed by atoms with Gasteiger partial charge >= 0.3 is 0 Å². The first-order chi connectivity index (χ1) is 13.5. The third-order valence-electron chi connectivity index (χ3n) is 4.04. The van der Waals surface area contributed by atoms with Crippen LogP contribution in [0.25, 0.3) is 11.4 Å². The van der Waals surface area contributed by atoms with Gasteiger partial charge in [-0.05, 0) is 38.5 Å².